The molecule has 2 aromatic carbocycles. The lowest BCUT2D eigenvalue weighted by Gasteiger charge is -2.23. The van der Waals surface area contributed by atoms with Gasteiger partial charge in [-0.2, -0.15) is 0 Å². The normalized spacial score (nSPS) is 12.6. The number of carbonyl (C=O) groups is 3. The lowest BCUT2D eigenvalue weighted by Crippen LogP contribution is -2.38. The first kappa shape index (κ1) is 13.1. The maximum absolute atomic E-state index is 12.5. The molecule has 0 N–H and O–H groups in total. The molecule has 21 heavy (non-hydrogen) atoms. The van der Waals surface area contributed by atoms with Gasteiger partial charge in [0, 0.05) is 35.0 Å². The Morgan fingerprint density at radius 3 is 2.00 bits per heavy atom. The Bertz CT molecular complexity index is 795. The fourth-order valence-corrected chi connectivity index (χ4v) is 2.40. The molecule has 0 heterocycles. The van der Waals surface area contributed by atoms with Crippen molar-refractivity contribution in [2.45, 2.75) is 0 Å². The van der Waals surface area contributed by atoms with Gasteiger partial charge in [0.2, 0.25) is 0 Å². The number of rotatable bonds is 1. The molecule has 0 radical (unpaired) electrons. The Labute approximate surface area is 120 Å². The molecule has 3 rings (SSSR count). The van der Waals surface area contributed by atoms with Gasteiger partial charge in [0.25, 0.3) is 0 Å². The molecule has 1 aliphatic carbocycles. The first-order chi connectivity index (χ1) is 10.0. The Kier molecular flexibility index (Phi) is 2.83. The van der Waals surface area contributed by atoms with Crippen LogP contribution in [0.3, 0.4) is 0 Å². The van der Waals surface area contributed by atoms with Crippen LogP contribution in [-0.4, -0.2) is 24.7 Å². The van der Waals surface area contributed by atoms with Gasteiger partial charge in [-0.3, -0.25) is 9.59 Å². The second kappa shape index (κ2) is 4.56. The van der Waals surface area contributed by atoms with E-state index in [1.54, 1.807) is 24.3 Å². The Morgan fingerprint density at radius 2 is 1.43 bits per heavy atom. The molecule has 0 aliphatic heterocycles. The van der Waals surface area contributed by atoms with Gasteiger partial charge in [0.1, 0.15) is 6.09 Å². The van der Waals surface area contributed by atoms with Crippen LogP contribution < -0.4 is 10.0 Å². The van der Waals surface area contributed by atoms with Crippen molar-refractivity contribution in [2.75, 3.05) is 11.9 Å². The molecule has 5 heteroatoms. The van der Waals surface area contributed by atoms with Crippen LogP contribution in [0.15, 0.2) is 42.5 Å². The average Bonchev–Trinajstić information content (AvgIpc) is 2.51. The summed E-state index contributed by atoms with van der Waals surface area (Å²) in [4.78, 5) is 36.6. The second-order valence-electron chi connectivity index (χ2n) is 4.76. The van der Waals surface area contributed by atoms with Crippen LogP contribution in [0.4, 0.5) is 10.5 Å². The largest absolute Gasteiger partial charge is 0.530 e. The van der Waals surface area contributed by atoms with Crippen molar-refractivity contribution >= 4 is 23.3 Å². The number of carboxylic acid groups (broad SMARTS) is 1. The third-order valence-electron chi connectivity index (χ3n) is 3.57. The number of ketones is 2. The number of carbonyl (C=O) groups excluding carboxylic acids is 3. The molecular weight excluding hydrogens is 270 g/mol. The minimum atomic E-state index is -1.38. The Hall–Kier alpha value is -2.95. The summed E-state index contributed by atoms with van der Waals surface area (Å²) in [6, 6.07) is 10.9. The number of anilines is 1. The molecule has 1 aliphatic rings. The van der Waals surface area contributed by atoms with Crippen molar-refractivity contribution in [1.82, 2.24) is 0 Å². The molecule has 0 atom stereocenters. The summed E-state index contributed by atoms with van der Waals surface area (Å²) in [5, 5.41) is 10.9. The van der Waals surface area contributed by atoms with Crippen molar-refractivity contribution in [1.29, 1.82) is 0 Å². The van der Waals surface area contributed by atoms with Crippen LogP contribution in [0, 0.1) is 0 Å². The van der Waals surface area contributed by atoms with Crippen LogP contribution in [0.25, 0.3) is 0 Å². The SMILES string of the molecule is CN(C(=O)[O-])c1ccc2c(c1)C(=O)c1ccccc1C2=O. The quantitative estimate of drug-likeness (QED) is 0.672. The standard InChI is InChI=1S/C16H11NO4/c1-17(16(20)21)9-6-7-12-13(8-9)15(19)11-5-3-2-4-10(11)14(12)18/h2-8H,1H3,(H,20,21)/p-1. The first-order valence-electron chi connectivity index (χ1n) is 6.28. The molecular formula is C16H10NO4-. The van der Waals surface area contributed by atoms with Crippen LogP contribution in [0.2, 0.25) is 0 Å². The fourth-order valence-electron chi connectivity index (χ4n) is 2.40. The van der Waals surface area contributed by atoms with Crippen LogP contribution >= 0.6 is 0 Å². The molecule has 5 nitrogen and oxygen atoms in total. The maximum atomic E-state index is 12.5. The predicted molar refractivity (Wildman–Crippen MR) is 73.5 cm³/mol. The molecule has 0 fully saturated rings. The van der Waals surface area contributed by atoms with Crippen molar-refractivity contribution in [2.24, 2.45) is 0 Å². The zero-order valence-corrected chi connectivity index (χ0v) is 11.1. The number of fused-ring (bicyclic) bond motifs is 2. The van der Waals surface area contributed by atoms with Crippen LogP contribution in [-0.2, 0) is 0 Å². The molecule has 1 amide bonds. The molecule has 0 saturated heterocycles. The molecule has 0 bridgehead atoms. The summed E-state index contributed by atoms with van der Waals surface area (Å²) in [6.07, 6.45) is -1.38. The highest BCUT2D eigenvalue weighted by atomic mass is 16.4. The van der Waals surface area contributed by atoms with E-state index < -0.39 is 6.09 Å². The second-order valence-corrected chi connectivity index (χ2v) is 4.76. The van der Waals surface area contributed by atoms with Gasteiger partial charge in [-0.25, -0.2) is 0 Å². The van der Waals surface area contributed by atoms with Gasteiger partial charge < -0.3 is 14.8 Å². The highest BCUT2D eigenvalue weighted by Gasteiger charge is 2.29. The zero-order chi connectivity index (χ0) is 15.1. The molecule has 0 spiro atoms. The van der Waals surface area contributed by atoms with Crippen molar-refractivity contribution < 1.29 is 19.5 Å². The maximum Gasteiger partial charge on any atom is 0.194 e. The Morgan fingerprint density at radius 1 is 0.905 bits per heavy atom. The lowest BCUT2D eigenvalue weighted by atomic mass is 9.84. The van der Waals surface area contributed by atoms with E-state index in [1.165, 1.54) is 25.2 Å². The van der Waals surface area contributed by atoms with E-state index in [4.69, 9.17) is 0 Å². The number of nitrogens with zero attached hydrogens (tertiary/aromatic N) is 1. The smallest absolute Gasteiger partial charge is 0.194 e. The summed E-state index contributed by atoms with van der Waals surface area (Å²) in [5.74, 6) is -0.517. The molecule has 0 unspecified atom stereocenters. The number of hydrogen-bond donors (Lipinski definition) is 0. The highest BCUT2D eigenvalue weighted by molar-refractivity contribution is 6.28. The van der Waals surface area contributed by atoms with E-state index in [0.29, 0.717) is 11.1 Å². The van der Waals surface area contributed by atoms with E-state index in [1.807, 2.05) is 0 Å². The summed E-state index contributed by atoms with van der Waals surface area (Å²) in [5.41, 5.74) is 1.49. The van der Waals surface area contributed by atoms with Crippen molar-refractivity contribution in [3.8, 4) is 0 Å². The lowest BCUT2D eigenvalue weighted by molar-refractivity contribution is -0.246. The van der Waals surface area contributed by atoms with Gasteiger partial charge in [0.05, 0.1) is 0 Å². The number of amides is 1. The summed E-state index contributed by atoms with van der Waals surface area (Å²) >= 11 is 0. The minimum absolute atomic E-state index is 0.212. The summed E-state index contributed by atoms with van der Waals surface area (Å²) in [6.45, 7) is 0. The minimum Gasteiger partial charge on any atom is -0.530 e. The van der Waals surface area contributed by atoms with Gasteiger partial charge in [-0.1, -0.05) is 24.3 Å². The molecule has 104 valence electrons. The molecule has 0 aromatic heterocycles. The predicted octanol–water partition coefficient (Wildman–Crippen LogP) is 1.24. The third-order valence-corrected chi connectivity index (χ3v) is 3.57. The van der Waals surface area contributed by atoms with Gasteiger partial charge in [-0.15, -0.1) is 0 Å². The van der Waals surface area contributed by atoms with E-state index in [9.17, 15) is 19.5 Å². The number of benzene rings is 2. The van der Waals surface area contributed by atoms with E-state index in [0.717, 1.165) is 4.90 Å². The average molecular weight is 280 g/mol. The monoisotopic (exact) mass is 280 g/mol. The fraction of sp³-hybridized carbons (Fsp3) is 0.0625. The first-order valence-corrected chi connectivity index (χ1v) is 6.28. The van der Waals surface area contributed by atoms with E-state index in [2.05, 4.69) is 0 Å². The van der Waals surface area contributed by atoms with Gasteiger partial charge in [0.15, 0.2) is 11.6 Å². The van der Waals surface area contributed by atoms with Gasteiger partial charge in [-0.05, 0) is 18.2 Å². The topological polar surface area (TPSA) is 77.5 Å². The Balaban J connectivity index is 2.17. The van der Waals surface area contributed by atoms with E-state index in [-0.39, 0.29) is 28.4 Å². The molecule has 2 aromatic rings. The van der Waals surface area contributed by atoms with E-state index >= 15 is 0 Å². The van der Waals surface area contributed by atoms with Crippen LogP contribution in [0.5, 0.6) is 0 Å². The summed E-state index contributed by atoms with van der Waals surface area (Å²) in [7, 11) is 1.32. The molecule has 0 saturated carbocycles. The zero-order valence-electron chi connectivity index (χ0n) is 11.1. The third kappa shape index (κ3) is 1.90. The summed E-state index contributed by atoms with van der Waals surface area (Å²) < 4.78 is 0. The van der Waals surface area contributed by atoms with Gasteiger partial charge >= 0.3 is 0 Å². The van der Waals surface area contributed by atoms with Crippen molar-refractivity contribution in [3.63, 3.8) is 0 Å². The highest BCUT2D eigenvalue weighted by Crippen LogP contribution is 2.29. The number of hydrogen-bond acceptors (Lipinski definition) is 4. The van der Waals surface area contributed by atoms with Crippen LogP contribution in [0.1, 0.15) is 31.8 Å². The van der Waals surface area contributed by atoms with Crippen molar-refractivity contribution in [3.05, 3.63) is 64.7 Å².